The summed E-state index contributed by atoms with van der Waals surface area (Å²) in [6, 6.07) is 5.75. The van der Waals surface area contributed by atoms with Crippen molar-refractivity contribution >= 4 is 11.9 Å². The van der Waals surface area contributed by atoms with Crippen LogP contribution < -0.4 is 5.32 Å². The van der Waals surface area contributed by atoms with Crippen LogP contribution in [-0.2, 0) is 5.54 Å². The number of carbonyl (C=O) groups is 2. The Morgan fingerprint density at radius 3 is 2.42 bits per heavy atom. The fraction of sp³-hybridized carbons (Fsp3) is 0.389. The van der Waals surface area contributed by atoms with E-state index in [-0.39, 0.29) is 23.1 Å². The molecule has 1 aromatic heterocycles. The lowest BCUT2D eigenvalue weighted by Gasteiger charge is -2.19. The minimum Gasteiger partial charge on any atom is -0.478 e. The van der Waals surface area contributed by atoms with Gasteiger partial charge in [0.05, 0.1) is 22.8 Å². The van der Waals surface area contributed by atoms with Crippen molar-refractivity contribution in [1.29, 1.82) is 0 Å². The molecule has 0 spiro atoms. The number of nitrogens with one attached hydrogen (secondary N) is 1. The van der Waals surface area contributed by atoms with E-state index in [9.17, 15) is 9.59 Å². The second kappa shape index (κ2) is 6.47. The summed E-state index contributed by atoms with van der Waals surface area (Å²) in [6.45, 7) is 9.97. The summed E-state index contributed by atoms with van der Waals surface area (Å²) in [7, 11) is 0. The molecule has 2 rings (SSSR count). The Morgan fingerprint density at radius 2 is 1.88 bits per heavy atom. The molecule has 1 heterocycles. The Hall–Kier alpha value is -2.63. The van der Waals surface area contributed by atoms with Crippen molar-refractivity contribution < 1.29 is 14.7 Å². The number of benzene rings is 1. The van der Waals surface area contributed by atoms with Crippen molar-refractivity contribution in [3.63, 3.8) is 0 Å². The summed E-state index contributed by atoms with van der Waals surface area (Å²) in [5.41, 5.74) is 2.07. The zero-order chi connectivity index (χ0) is 18.1. The molecule has 0 aliphatic carbocycles. The predicted molar refractivity (Wildman–Crippen MR) is 91.2 cm³/mol. The first-order valence-electron chi connectivity index (χ1n) is 7.80. The fourth-order valence-corrected chi connectivity index (χ4v) is 2.39. The van der Waals surface area contributed by atoms with Gasteiger partial charge in [-0.15, -0.1) is 0 Å². The predicted octanol–water partition coefficient (Wildman–Crippen LogP) is 3.14. The first kappa shape index (κ1) is 17.7. The number of carboxylic acids is 1. The van der Waals surface area contributed by atoms with Gasteiger partial charge in [0.1, 0.15) is 0 Å². The zero-order valence-electron chi connectivity index (χ0n) is 14.6. The minimum absolute atomic E-state index is 0.0898. The van der Waals surface area contributed by atoms with Crippen LogP contribution in [0.3, 0.4) is 0 Å². The number of hydrogen-bond acceptors (Lipinski definition) is 3. The van der Waals surface area contributed by atoms with Crippen LogP contribution in [0.25, 0.3) is 0 Å². The number of carbonyl (C=O) groups excluding carboxylic acids is 1. The Bertz CT molecular complexity index is 772. The van der Waals surface area contributed by atoms with E-state index in [1.54, 1.807) is 12.1 Å². The second-order valence-corrected chi connectivity index (χ2v) is 6.87. The largest absolute Gasteiger partial charge is 0.478 e. The van der Waals surface area contributed by atoms with Gasteiger partial charge >= 0.3 is 5.97 Å². The zero-order valence-corrected chi connectivity index (χ0v) is 14.6. The average Bonchev–Trinajstić information content (AvgIpc) is 2.89. The van der Waals surface area contributed by atoms with Crippen LogP contribution in [0.2, 0.25) is 0 Å². The van der Waals surface area contributed by atoms with E-state index >= 15 is 0 Å². The van der Waals surface area contributed by atoms with E-state index in [4.69, 9.17) is 5.11 Å². The number of rotatable bonds is 4. The Kier molecular flexibility index (Phi) is 4.78. The van der Waals surface area contributed by atoms with E-state index in [2.05, 4.69) is 31.2 Å². The minimum atomic E-state index is -1.06. The van der Waals surface area contributed by atoms with Crippen molar-refractivity contribution in [3.8, 4) is 0 Å². The molecule has 0 bridgehead atoms. The molecule has 6 heteroatoms. The summed E-state index contributed by atoms with van der Waals surface area (Å²) in [5, 5.41) is 16.4. The molecule has 0 radical (unpaired) electrons. The highest BCUT2D eigenvalue weighted by molar-refractivity contribution is 5.97. The average molecular weight is 329 g/mol. The molecule has 1 aromatic carbocycles. The molecule has 0 aliphatic rings. The molecule has 6 nitrogen and oxygen atoms in total. The van der Waals surface area contributed by atoms with Crippen molar-refractivity contribution in [2.24, 2.45) is 0 Å². The van der Waals surface area contributed by atoms with Crippen molar-refractivity contribution in [1.82, 2.24) is 15.1 Å². The molecule has 24 heavy (non-hydrogen) atoms. The molecular weight excluding hydrogens is 306 g/mol. The number of hydrogen-bond donors (Lipinski definition) is 2. The summed E-state index contributed by atoms with van der Waals surface area (Å²) in [5.74, 6) is -1.37. The molecule has 2 N–H and O–H groups in total. The Labute approximate surface area is 141 Å². The highest BCUT2D eigenvalue weighted by Crippen LogP contribution is 2.21. The molecule has 1 atom stereocenters. The van der Waals surface area contributed by atoms with Gasteiger partial charge in [0, 0.05) is 17.3 Å². The molecule has 1 amide bonds. The summed E-state index contributed by atoms with van der Waals surface area (Å²) in [6.07, 6.45) is 1.94. The van der Waals surface area contributed by atoms with E-state index in [1.165, 1.54) is 12.1 Å². The van der Waals surface area contributed by atoms with Gasteiger partial charge < -0.3 is 10.4 Å². The van der Waals surface area contributed by atoms with Crippen molar-refractivity contribution in [3.05, 3.63) is 52.8 Å². The lowest BCUT2D eigenvalue weighted by atomic mass is 10.1. The normalized spacial score (nSPS) is 12.7. The molecule has 0 fully saturated rings. The number of aromatic carboxylic acids is 1. The van der Waals surface area contributed by atoms with Crippen LogP contribution in [0.1, 0.15) is 65.7 Å². The molecular formula is C18H23N3O3. The standard InChI is InChI=1S/C18H23N3O3/c1-11(15-10-21(18(3,4)5)20-12(15)2)19-16(22)13-7-6-8-14(9-13)17(23)24/h6-11H,1-5H3,(H,19,22)(H,23,24). The van der Waals surface area contributed by atoms with E-state index < -0.39 is 5.97 Å². The summed E-state index contributed by atoms with van der Waals surface area (Å²) in [4.78, 5) is 23.4. The topological polar surface area (TPSA) is 84.2 Å². The number of amides is 1. The quantitative estimate of drug-likeness (QED) is 0.902. The molecule has 2 aromatic rings. The summed E-state index contributed by atoms with van der Waals surface area (Å²) < 4.78 is 1.88. The van der Waals surface area contributed by atoms with Crippen LogP contribution in [0.15, 0.2) is 30.5 Å². The fourth-order valence-electron chi connectivity index (χ4n) is 2.39. The third kappa shape index (κ3) is 3.82. The lowest BCUT2D eigenvalue weighted by Crippen LogP contribution is -2.27. The van der Waals surface area contributed by atoms with Gasteiger partial charge in [-0.2, -0.15) is 5.10 Å². The van der Waals surface area contributed by atoms with Gasteiger partial charge in [0.15, 0.2) is 0 Å². The van der Waals surface area contributed by atoms with Crippen molar-refractivity contribution in [2.45, 2.75) is 46.2 Å². The third-order valence-corrected chi connectivity index (χ3v) is 3.81. The van der Waals surface area contributed by atoms with E-state index in [0.29, 0.717) is 5.56 Å². The van der Waals surface area contributed by atoms with Crippen molar-refractivity contribution in [2.75, 3.05) is 0 Å². The van der Waals surface area contributed by atoms with Gasteiger partial charge in [-0.1, -0.05) is 6.07 Å². The Morgan fingerprint density at radius 1 is 1.25 bits per heavy atom. The monoisotopic (exact) mass is 329 g/mol. The maximum atomic E-state index is 12.4. The first-order valence-corrected chi connectivity index (χ1v) is 7.80. The summed E-state index contributed by atoms with van der Waals surface area (Å²) >= 11 is 0. The Balaban J connectivity index is 2.19. The number of nitrogens with zero attached hydrogens (tertiary/aromatic N) is 2. The number of aromatic nitrogens is 2. The maximum Gasteiger partial charge on any atom is 0.335 e. The molecule has 0 aliphatic heterocycles. The molecule has 0 saturated carbocycles. The SMILES string of the molecule is Cc1nn(C(C)(C)C)cc1C(C)NC(=O)c1cccc(C(=O)O)c1. The third-order valence-electron chi connectivity index (χ3n) is 3.81. The van der Waals surface area contributed by atoms with Crippen LogP contribution in [-0.4, -0.2) is 26.8 Å². The molecule has 128 valence electrons. The smallest absolute Gasteiger partial charge is 0.335 e. The maximum absolute atomic E-state index is 12.4. The van der Waals surface area contributed by atoms with Gasteiger partial charge in [-0.3, -0.25) is 9.48 Å². The number of carboxylic acid groups (broad SMARTS) is 1. The lowest BCUT2D eigenvalue weighted by molar-refractivity contribution is 0.0697. The first-order chi connectivity index (χ1) is 11.1. The molecule has 1 unspecified atom stereocenters. The van der Waals surface area contributed by atoms with E-state index in [0.717, 1.165) is 11.3 Å². The van der Waals surface area contributed by atoms with Crippen LogP contribution in [0, 0.1) is 6.92 Å². The van der Waals surface area contributed by atoms with Crippen LogP contribution in [0.4, 0.5) is 0 Å². The van der Waals surface area contributed by atoms with Gasteiger partial charge in [0.25, 0.3) is 5.91 Å². The van der Waals surface area contributed by atoms with E-state index in [1.807, 2.05) is 24.7 Å². The van der Waals surface area contributed by atoms with Gasteiger partial charge in [0.2, 0.25) is 0 Å². The number of aryl methyl sites for hydroxylation is 1. The molecule has 0 saturated heterocycles. The van der Waals surface area contributed by atoms with Crippen LogP contribution in [0.5, 0.6) is 0 Å². The highest BCUT2D eigenvalue weighted by Gasteiger charge is 2.20. The van der Waals surface area contributed by atoms with Gasteiger partial charge in [-0.05, 0) is 52.8 Å². The second-order valence-electron chi connectivity index (χ2n) is 6.87. The van der Waals surface area contributed by atoms with Gasteiger partial charge in [-0.25, -0.2) is 4.79 Å². The van der Waals surface area contributed by atoms with Crippen LogP contribution >= 0.6 is 0 Å². The highest BCUT2D eigenvalue weighted by atomic mass is 16.4.